The summed E-state index contributed by atoms with van der Waals surface area (Å²) in [6.07, 6.45) is 0.635. The van der Waals surface area contributed by atoms with Crippen LogP contribution in [-0.4, -0.2) is 31.8 Å². The molecule has 1 atom stereocenters. The van der Waals surface area contributed by atoms with Crippen LogP contribution in [0.25, 0.3) is 0 Å². The van der Waals surface area contributed by atoms with Gasteiger partial charge in [0.15, 0.2) is 0 Å². The van der Waals surface area contributed by atoms with E-state index in [1.807, 2.05) is 20.9 Å². The van der Waals surface area contributed by atoms with Crippen LogP contribution in [0, 0.1) is 19.8 Å². The lowest BCUT2D eigenvalue weighted by atomic mass is 10.1. The lowest BCUT2D eigenvalue weighted by molar-refractivity contribution is -0.141. The summed E-state index contributed by atoms with van der Waals surface area (Å²) in [5, 5.41) is 8.89. The number of methoxy groups -OCH3 is 1. The van der Waals surface area contributed by atoms with Gasteiger partial charge in [0, 0.05) is 19.3 Å². The van der Waals surface area contributed by atoms with Gasteiger partial charge in [0.2, 0.25) is 0 Å². The molecule has 0 saturated heterocycles. The molecule has 0 aliphatic heterocycles. The Morgan fingerprint density at radius 3 is 2.32 bits per heavy atom. The number of rotatable bonds is 6. The predicted octanol–water partition coefficient (Wildman–Crippen LogP) is 2.86. The molecule has 0 spiro atoms. The molecule has 0 heterocycles. The van der Waals surface area contributed by atoms with Gasteiger partial charge in [-0.1, -0.05) is 6.92 Å². The summed E-state index contributed by atoms with van der Waals surface area (Å²) in [5.74, 6) is -0.144. The molecule has 4 nitrogen and oxygen atoms in total. The average Bonchev–Trinajstić information content (AvgIpc) is 2.34. The summed E-state index contributed by atoms with van der Waals surface area (Å²) in [6, 6.07) is 4.13. The maximum Gasteiger partial charge on any atom is 0.306 e. The van der Waals surface area contributed by atoms with E-state index >= 15 is 0 Å². The predicted molar refractivity (Wildman–Crippen MR) is 77.2 cm³/mol. The number of ether oxygens (including phenoxy) is 1. The molecule has 4 heteroatoms. The minimum Gasteiger partial charge on any atom is -0.496 e. The van der Waals surface area contributed by atoms with Crippen molar-refractivity contribution in [3.05, 3.63) is 23.3 Å². The van der Waals surface area contributed by atoms with Crippen LogP contribution in [0.1, 0.15) is 24.5 Å². The number of hydrogen-bond donors (Lipinski definition) is 1. The maximum atomic E-state index is 10.8. The van der Waals surface area contributed by atoms with Gasteiger partial charge in [-0.3, -0.25) is 4.79 Å². The van der Waals surface area contributed by atoms with Crippen LogP contribution >= 0.6 is 0 Å². The van der Waals surface area contributed by atoms with Crippen LogP contribution in [0.4, 0.5) is 5.69 Å². The Labute approximate surface area is 115 Å². The Bertz CT molecular complexity index is 434. The van der Waals surface area contributed by atoms with Crippen molar-refractivity contribution in [2.24, 2.45) is 5.92 Å². The minimum absolute atomic E-state index is 0.317. The molecule has 0 fully saturated rings. The number of anilines is 1. The quantitative estimate of drug-likeness (QED) is 0.859. The van der Waals surface area contributed by atoms with Gasteiger partial charge >= 0.3 is 5.97 Å². The molecular formula is C15H23NO3. The monoisotopic (exact) mass is 265 g/mol. The molecule has 106 valence electrons. The van der Waals surface area contributed by atoms with Crippen LogP contribution in [0.3, 0.4) is 0 Å². The molecule has 0 aliphatic carbocycles. The number of aryl methyl sites for hydroxylation is 2. The molecule has 0 radical (unpaired) electrons. The van der Waals surface area contributed by atoms with Gasteiger partial charge in [-0.25, -0.2) is 0 Å². The van der Waals surface area contributed by atoms with Gasteiger partial charge in [0.25, 0.3) is 0 Å². The highest BCUT2D eigenvalue weighted by Crippen LogP contribution is 2.28. The second-order valence-corrected chi connectivity index (χ2v) is 5.06. The first-order chi connectivity index (χ1) is 8.86. The Balaban J connectivity index is 2.78. The van der Waals surface area contributed by atoms with Crippen molar-refractivity contribution in [1.29, 1.82) is 0 Å². The maximum absolute atomic E-state index is 10.8. The number of carbonyl (C=O) groups is 1. The number of carboxylic acids is 1. The first kappa shape index (κ1) is 15.3. The zero-order valence-electron chi connectivity index (χ0n) is 12.4. The van der Waals surface area contributed by atoms with E-state index in [1.165, 1.54) is 0 Å². The van der Waals surface area contributed by atoms with Gasteiger partial charge in [0.1, 0.15) is 5.75 Å². The summed E-state index contributed by atoms with van der Waals surface area (Å²) >= 11 is 0. The fourth-order valence-electron chi connectivity index (χ4n) is 2.11. The van der Waals surface area contributed by atoms with E-state index in [9.17, 15) is 4.79 Å². The van der Waals surface area contributed by atoms with Crippen LogP contribution < -0.4 is 9.64 Å². The minimum atomic E-state index is -0.740. The Hall–Kier alpha value is -1.71. The molecule has 19 heavy (non-hydrogen) atoms. The van der Waals surface area contributed by atoms with Gasteiger partial charge in [-0.05, 0) is 43.5 Å². The summed E-state index contributed by atoms with van der Waals surface area (Å²) in [4.78, 5) is 12.9. The van der Waals surface area contributed by atoms with Crippen molar-refractivity contribution in [1.82, 2.24) is 0 Å². The van der Waals surface area contributed by atoms with Crippen molar-refractivity contribution >= 4 is 11.7 Å². The van der Waals surface area contributed by atoms with Crippen LogP contribution in [0.2, 0.25) is 0 Å². The van der Waals surface area contributed by atoms with E-state index in [4.69, 9.17) is 9.84 Å². The molecular weight excluding hydrogens is 242 g/mol. The molecule has 0 saturated carbocycles. The highest BCUT2D eigenvalue weighted by Gasteiger charge is 2.13. The van der Waals surface area contributed by atoms with Crippen molar-refractivity contribution < 1.29 is 14.6 Å². The molecule has 1 aromatic rings. The third-order valence-corrected chi connectivity index (χ3v) is 3.41. The van der Waals surface area contributed by atoms with E-state index in [1.54, 1.807) is 14.0 Å². The lowest BCUT2D eigenvalue weighted by Gasteiger charge is -2.22. The number of hydrogen-bond acceptors (Lipinski definition) is 3. The molecule has 0 aromatic heterocycles. The zero-order chi connectivity index (χ0) is 14.6. The van der Waals surface area contributed by atoms with Gasteiger partial charge < -0.3 is 14.7 Å². The fourth-order valence-corrected chi connectivity index (χ4v) is 2.11. The number of carboxylic acid groups (broad SMARTS) is 1. The largest absolute Gasteiger partial charge is 0.496 e. The van der Waals surface area contributed by atoms with Gasteiger partial charge in [0.05, 0.1) is 13.0 Å². The smallest absolute Gasteiger partial charge is 0.306 e. The van der Waals surface area contributed by atoms with E-state index in [2.05, 4.69) is 17.0 Å². The lowest BCUT2D eigenvalue weighted by Crippen LogP contribution is -2.23. The number of benzene rings is 1. The average molecular weight is 265 g/mol. The van der Waals surface area contributed by atoms with Crippen molar-refractivity contribution in [3.63, 3.8) is 0 Å². The van der Waals surface area contributed by atoms with E-state index in [0.717, 1.165) is 29.1 Å². The van der Waals surface area contributed by atoms with Crippen LogP contribution in [0.5, 0.6) is 5.75 Å². The second-order valence-electron chi connectivity index (χ2n) is 5.06. The first-order valence-electron chi connectivity index (χ1n) is 6.46. The normalized spacial score (nSPS) is 12.1. The van der Waals surface area contributed by atoms with E-state index in [0.29, 0.717) is 6.42 Å². The van der Waals surface area contributed by atoms with Crippen LogP contribution in [0.15, 0.2) is 12.1 Å². The third kappa shape index (κ3) is 3.88. The van der Waals surface area contributed by atoms with Gasteiger partial charge in [-0.2, -0.15) is 0 Å². The molecule has 1 rings (SSSR count). The van der Waals surface area contributed by atoms with Crippen molar-refractivity contribution in [3.8, 4) is 5.75 Å². The zero-order valence-corrected chi connectivity index (χ0v) is 12.4. The number of aliphatic carboxylic acids is 1. The Morgan fingerprint density at radius 1 is 1.37 bits per heavy atom. The Kier molecular flexibility index (Phi) is 5.21. The highest BCUT2D eigenvalue weighted by molar-refractivity contribution is 5.69. The fraction of sp³-hybridized carbons (Fsp3) is 0.533. The SMILES string of the molecule is COc1c(C)cc(N(C)CCC(C)C(=O)O)cc1C. The van der Waals surface area contributed by atoms with Gasteiger partial charge in [-0.15, -0.1) is 0 Å². The van der Waals surface area contributed by atoms with E-state index in [-0.39, 0.29) is 5.92 Å². The molecule has 0 bridgehead atoms. The van der Waals surface area contributed by atoms with Crippen molar-refractivity contribution in [2.75, 3.05) is 25.6 Å². The first-order valence-corrected chi connectivity index (χ1v) is 6.46. The highest BCUT2D eigenvalue weighted by atomic mass is 16.5. The Morgan fingerprint density at radius 2 is 1.89 bits per heavy atom. The summed E-state index contributed by atoms with van der Waals surface area (Å²) in [6.45, 7) is 6.49. The standard InChI is InChI=1S/C15H23NO3/c1-10(15(17)18)6-7-16(4)13-8-11(2)14(19-5)12(3)9-13/h8-10H,6-7H2,1-5H3,(H,17,18). The third-order valence-electron chi connectivity index (χ3n) is 3.41. The van der Waals surface area contributed by atoms with E-state index < -0.39 is 5.97 Å². The van der Waals surface area contributed by atoms with Crippen LogP contribution in [-0.2, 0) is 4.79 Å². The number of nitrogens with zero attached hydrogens (tertiary/aromatic N) is 1. The molecule has 0 amide bonds. The molecule has 1 aromatic carbocycles. The topological polar surface area (TPSA) is 49.8 Å². The summed E-state index contributed by atoms with van der Waals surface area (Å²) in [5.41, 5.74) is 3.28. The molecule has 1 N–H and O–H groups in total. The second kappa shape index (κ2) is 6.45. The summed E-state index contributed by atoms with van der Waals surface area (Å²) < 4.78 is 5.34. The summed E-state index contributed by atoms with van der Waals surface area (Å²) in [7, 11) is 3.66. The van der Waals surface area contributed by atoms with Crippen molar-refractivity contribution in [2.45, 2.75) is 27.2 Å². The molecule has 1 unspecified atom stereocenters. The molecule has 0 aliphatic rings.